The van der Waals surface area contributed by atoms with Crippen LogP contribution in [-0.4, -0.2) is 30.8 Å². The molecular formula is C14H19N5O2S2. The molecule has 9 heteroatoms. The van der Waals surface area contributed by atoms with Crippen LogP contribution in [0.25, 0.3) is 0 Å². The predicted molar refractivity (Wildman–Crippen MR) is 92.0 cm³/mol. The maximum Gasteiger partial charge on any atom is 0.243 e. The molecule has 2 aromatic rings. The molecule has 7 nitrogen and oxygen atoms in total. The van der Waals surface area contributed by atoms with Gasteiger partial charge >= 0.3 is 0 Å². The lowest BCUT2D eigenvalue weighted by Gasteiger charge is -2.18. The van der Waals surface area contributed by atoms with E-state index >= 15 is 0 Å². The van der Waals surface area contributed by atoms with E-state index in [1.807, 2.05) is 13.8 Å². The van der Waals surface area contributed by atoms with Crippen molar-refractivity contribution >= 4 is 37.2 Å². The highest BCUT2D eigenvalue weighted by Crippen LogP contribution is 2.30. The van der Waals surface area contributed by atoms with Gasteiger partial charge in [-0.05, 0) is 25.1 Å². The molecule has 1 heterocycles. The molecule has 0 atom stereocenters. The zero-order chi connectivity index (χ0) is 17.0. The monoisotopic (exact) mass is 353 g/mol. The molecule has 0 bridgehead atoms. The summed E-state index contributed by atoms with van der Waals surface area (Å²) in [6.45, 7) is 6.25. The summed E-state index contributed by atoms with van der Waals surface area (Å²) in [6, 6.07) is 6.42. The number of aryl methyl sites for hydroxylation is 1. The van der Waals surface area contributed by atoms with Crippen LogP contribution in [0.5, 0.6) is 0 Å². The van der Waals surface area contributed by atoms with E-state index in [9.17, 15) is 8.42 Å². The topological polar surface area (TPSA) is 101 Å². The summed E-state index contributed by atoms with van der Waals surface area (Å²) in [7, 11) is -3.51. The highest BCUT2D eigenvalue weighted by Gasteiger charge is 2.21. The van der Waals surface area contributed by atoms with Gasteiger partial charge in [-0.2, -0.15) is 4.31 Å². The van der Waals surface area contributed by atoms with Crippen molar-refractivity contribution in [1.29, 1.82) is 0 Å². The summed E-state index contributed by atoms with van der Waals surface area (Å²) in [6.07, 6.45) is 0. The number of aromatic nitrogens is 1. The third kappa shape index (κ3) is 3.92. The molecule has 0 saturated heterocycles. The van der Waals surface area contributed by atoms with E-state index in [0.29, 0.717) is 34.6 Å². The smallest absolute Gasteiger partial charge is 0.243 e. The summed E-state index contributed by atoms with van der Waals surface area (Å²) < 4.78 is 26.4. The second-order valence-corrected chi connectivity index (χ2v) is 7.68. The highest BCUT2D eigenvalue weighted by molar-refractivity contribution is 7.89. The van der Waals surface area contributed by atoms with Crippen molar-refractivity contribution in [3.05, 3.63) is 30.0 Å². The molecule has 1 aromatic carbocycles. The molecule has 0 aliphatic heterocycles. The fraction of sp³-hybridized carbons (Fsp3) is 0.357. The number of hydrogen-bond donors (Lipinski definition) is 1. The molecule has 124 valence electrons. The van der Waals surface area contributed by atoms with Gasteiger partial charge in [-0.25, -0.2) is 13.4 Å². The molecule has 0 saturated carbocycles. The summed E-state index contributed by atoms with van der Waals surface area (Å²) in [5.74, 6) is 0. The molecule has 0 radical (unpaired) electrons. The van der Waals surface area contributed by atoms with Gasteiger partial charge in [-0.3, -0.25) is 0 Å². The Morgan fingerprint density at radius 3 is 2.52 bits per heavy atom. The Hall–Kier alpha value is -1.84. The number of sulfonamides is 1. The van der Waals surface area contributed by atoms with Gasteiger partial charge in [0, 0.05) is 13.1 Å². The largest absolute Gasteiger partial charge is 0.375 e. The van der Waals surface area contributed by atoms with Crippen molar-refractivity contribution in [1.82, 2.24) is 9.29 Å². The lowest BCUT2D eigenvalue weighted by atomic mass is 10.3. The third-order valence-corrected chi connectivity index (χ3v) is 6.12. The number of hydrogen-bond acceptors (Lipinski definition) is 7. The van der Waals surface area contributed by atoms with Crippen LogP contribution in [0.15, 0.2) is 39.4 Å². The second-order valence-electron chi connectivity index (χ2n) is 4.73. The van der Waals surface area contributed by atoms with Crippen LogP contribution in [0.1, 0.15) is 19.5 Å². The van der Waals surface area contributed by atoms with Gasteiger partial charge in [0.1, 0.15) is 0 Å². The van der Waals surface area contributed by atoms with E-state index in [2.05, 4.69) is 15.2 Å². The zero-order valence-corrected chi connectivity index (χ0v) is 14.9. The molecule has 0 amide bonds. The quantitative estimate of drug-likeness (QED) is 0.803. The van der Waals surface area contributed by atoms with Crippen LogP contribution >= 0.6 is 11.3 Å². The molecule has 0 fully saturated rings. The van der Waals surface area contributed by atoms with E-state index in [1.165, 1.54) is 21.7 Å². The Balaban J connectivity index is 2.32. The molecular weight excluding hydrogens is 334 g/mol. The number of thiazole rings is 1. The number of benzene rings is 1. The lowest BCUT2D eigenvalue weighted by Crippen LogP contribution is -2.30. The SMILES string of the molecule is CCN(CC)S(=O)(=O)c1cccc(N=Nc2sc(N)nc2C)c1. The van der Waals surface area contributed by atoms with Gasteiger partial charge in [0.15, 0.2) is 10.1 Å². The molecule has 0 aliphatic rings. The van der Waals surface area contributed by atoms with Crippen LogP contribution in [0, 0.1) is 6.92 Å². The van der Waals surface area contributed by atoms with Gasteiger partial charge in [0.05, 0.1) is 16.3 Å². The number of azo groups is 1. The van der Waals surface area contributed by atoms with Gasteiger partial charge in [0.2, 0.25) is 10.0 Å². The maximum absolute atomic E-state index is 12.5. The normalized spacial score (nSPS) is 12.3. The Morgan fingerprint density at radius 2 is 1.96 bits per heavy atom. The van der Waals surface area contributed by atoms with Crippen LogP contribution in [0.4, 0.5) is 15.8 Å². The molecule has 0 unspecified atom stereocenters. The van der Waals surface area contributed by atoms with Crippen molar-refractivity contribution in [3.63, 3.8) is 0 Å². The first-order valence-electron chi connectivity index (χ1n) is 7.13. The lowest BCUT2D eigenvalue weighted by molar-refractivity contribution is 0.445. The molecule has 0 aliphatic carbocycles. The Bertz CT molecular complexity index is 810. The standard InChI is InChI=1S/C14H19N5O2S2/c1-4-19(5-2)23(20,21)12-8-6-7-11(9-12)17-18-13-10(3)16-14(15)22-13/h6-9H,4-5H2,1-3H3,(H2,15,16). The van der Waals surface area contributed by atoms with Crippen LogP contribution < -0.4 is 5.73 Å². The maximum atomic E-state index is 12.5. The summed E-state index contributed by atoms with van der Waals surface area (Å²) in [4.78, 5) is 4.27. The molecule has 2 N–H and O–H groups in total. The van der Waals surface area contributed by atoms with E-state index in [4.69, 9.17) is 5.73 Å². The minimum atomic E-state index is -3.51. The highest BCUT2D eigenvalue weighted by atomic mass is 32.2. The number of nitrogens with zero attached hydrogens (tertiary/aromatic N) is 4. The Labute approximate surface area is 139 Å². The first-order valence-corrected chi connectivity index (χ1v) is 9.39. The second kappa shape index (κ2) is 7.16. The molecule has 23 heavy (non-hydrogen) atoms. The summed E-state index contributed by atoms with van der Waals surface area (Å²) in [5, 5.41) is 9.23. The van der Waals surface area contributed by atoms with E-state index in [1.54, 1.807) is 25.1 Å². The van der Waals surface area contributed by atoms with Gasteiger partial charge < -0.3 is 5.73 Å². The number of anilines is 1. The van der Waals surface area contributed by atoms with Gasteiger partial charge in [0.25, 0.3) is 0 Å². The van der Waals surface area contributed by atoms with Gasteiger partial charge in [-0.15, -0.1) is 10.2 Å². The first kappa shape index (κ1) is 17.5. The molecule has 1 aromatic heterocycles. The van der Waals surface area contributed by atoms with E-state index in [-0.39, 0.29) is 4.90 Å². The number of rotatable bonds is 6. The van der Waals surface area contributed by atoms with Crippen LogP contribution in [0.3, 0.4) is 0 Å². The van der Waals surface area contributed by atoms with Crippen molar-refractivity contribution in [2.75, 3.05) is 18.8 Å². The molecule has 0 spiro atoms. The zero-order valence-electron chi connectivity index (χ0n) is 13.2. The van der Waals surface area contributed by atoms with E-state index < -0.39 is 10.0 Å². The Morgan fingerprint density at radius 1 is 1.26 bits per heavy atom. The van der Waals surface area contributed by atoms with Crippen molar-refractivity contribution in [2.24, 2.45) is 10.2 Å². The first-order chi connectivity index (χ1) is 10.9. The van der Waals surface area contributed by atoms with Gasteiger partial charge in [-0.1, -0.05) is 31.3 Å². The summed E-state index contributed by atoms with van der Waals surface area (Å²) in [5.41, 5.74) is 6.77. The van der Waals surface area contributed by atoms with Crippen LogP contribution in [-0.2, 0) is 10.0 Å². The minimum absolute atomic E-state index is 0.207. The fourth-order valence-electron chi connectivity index (χ4n) is 2.02. The van der Waals surface area contributed by atoms with Crippen molar-refractivity contribution in [2.45, 2.75) is 25.7 Å². The molecule has 2 rings (SSSR count). The average molecular weight is 353 g/mol. The number of nitrogens with two attached hydrogens (primary N) is 1. The van der Waals surface area contributed by atoms with Crippen LogP contribution in [0.2, 0.25) is 0 Å². The Kier molecular flexibility index (Phi) is 5.45. The number of nitrogen functional groups attached to an aromatic ring is 1. The summed E-state index contributed by atoms with van der Waals surface area (Å²) >= 11 is 1.24. The van der Waals surface area contributed by atoms with E-state index in [0.717, 1.165) is 0 Å². The van der Waals surface area contributed by atoms with Crippen molar-refractivity contribution in [3.8, 4) is 0 Å². The van der Waals surface area contributed by atoms with Crippen molar-refractivity contribution < 1.29 is 8.42 Å². The average Bonchev–Trinajstić information content (AvgIpc) is 2.84. The fourth-order valence-corrected chi connectivity index (χ4v) is 4.18. The third-order valence-electron chi connectivity index (χ3n) is 3.21. The predicted octanol–water partition coefficient (Wildman–Crippen LogP) is 3.48. The minimum Gasteiger partial charge on any atom is -0.375 e.